The molecule has 0 saturated carbocycles. The number of nitrogens with one attached hydrogen (secondary N) is 1. The van der Waals surface area contributed by atoms with Gasteiger partial charge in [-0.1, -0.05) is 69.5 Å². The van der Waals surface area contributed by atoms with E-state index < -0.39 is 0 Å². The fraction of sp³-hybridized carbons (Fsp3) is 0.391. The van der Waals surface area contributed by atoms with Crippen molar-refractivity contribution < 1.29 is 0 Å². The summed E-state index contributed by atoms with van der Waals surface area (Å²) in [7, 11) is 0. The van der Waals surface area contributed by atoms with Crippen molar-refractivity contribution in [2.45, 2.75) is 58.8 Å². The molecule has 1 aromatic heterocycles. The lowest BCUT2D eigenvalue weighted by Gasteiger charge is -2.14. The normalized spacial score (nSPS) is 12.6. The highest BCUT2D eigenvalue weighted by Crippen LogP contribution is 2.34. The molecule has 0 amide bonds. The molecule has 3 aromatic rings. The lowest BCUT2D eigenvalue weighted by atomic mass is 9.91. The SMILES string of the molecule is CCCCc1c(C(C)c2ccc(CCC)cc2)[nH]c2ccc(Cl)cc12. The molecule has 0 saturated heterocycles. The van der Waals surface area contributed by atoms with E-state index in [0.29, 0.717) is 5.92 Å². The van der Waals surface area contributed by atoms with E-state index in [2.05, 4.69) is 62.2 Å². The summed E-state index contributed by atoms with van der Waals surface area (Å²) in [5.74, 6) is 0.355. The first-order valence-electron chi connectivity index (χ1n) is 9.52. The van der Waals surface area contributed by atoms with E-state index in [9.17, 15) is 0 Å². The Bertz CT molecular complexity index is 829. The molecule has 3 rings (SSSR count). The van der Waals surface area contributed by atoms with Crippen LogP contribution in [0.5, 0.6) is 0 Å². The first kappa shape index (κ1) is 18.1. The van der Waals surface area contributed by atoms with Crippen molar-refractivity contribution in [3.63, 3.8) is 0 Å². The molecule has 25 heavy (non-hydrogen) atoms. The number of aromatic amines is 1. The van der Waals surface area contributed by atoms with E-state index in [1.165, 1.54) is 52.5 Å². The molecule has 132 valence electrons. The summed E-state index contributed by atoms with van der Waals surface area (Å²) in [6.45, 7) is 6.78. The number of benzene rings is 2. The number of aromatic nitrogens is 1. The highest BCUT2D eigenvalue weighted by molar-refractivity contribution is 6.31. The second-order valence-corrected chi connectivity index (χ2v) is 7.46. The highest BCUT2D eigenvalue weighted by Gasteiger charge is 2.18. The van der Waals surface area contributed by atoms with Crippen LogP contribution in [-0.4, -0.2) is 4.98 Å². The van der Waals surface area contributed by atoms with Crippen molar-refractivity contribution >= 4 is 22.5 Å². The van der Waals surface area contributed by atoms with Crippen LogP contribution in [0.15, 0.2) is 42.5 Å². The molecule has 0 spiro atoms. The second kappa shape index (κ2) is 8.10. The number of aryl methyl sites for hydroxylation is 2. The van der Waals surface area contributed by atoms with E-state index in [-0.39, 0.29) is 0 Å². The molecule has 0 bridgehead atoms. The monoisotopic (exact) mass is 353 g/mol. The van der Waals surface area contributed by atoms with Gasteiger partial charge in [0.1, 0.15) is 0 Å². The Morgan fingerprint density at radius 3 is 2.40 bits per heavy atom. The molecule has 1 unspecified atom stereocenters. The molecule has 1 nitrogen and oxygen atoms in total. The Morgan fingerprint density at radius 1 is 0.960 bits per heavy atom. The predicted octanol–water partition coefficient (Wildman–Crippen LogP) is 7.27. The number of rotatable bonds is 7. The van der Waals surface area contributed by atoms with E-state index in [1.807, 2.05) is 6.07 Å². The van der Waals surface area contributed by atoms with Crippen LogP contribution in [-0.2, 0) is 12.8 Å². The minimum atomic E-state index is 0.355. The number of unbranched alkanes of at least 4 members (excludes halogenated alkanes) is 1. The van der Waals surface area contributed by atoms with Gasteiger partial charge in [-0.25, -0.2) is 0 Å². The maximum absolute atomic E-state index is 6.26. The molecule has 0 fully saturated rings. The van der Waals surface area contributed by atoms with Crippen LogP contribution in [0.1, 0.15) is 68.3 Å². The van der Waals surface area contributed by atoms with Crippen LogP contribution in [0.25, 0.3) is 10.9 Å². The van der Waals surface area contributed by atoms with Crippen LogP contribution in [0.4, 0.5) is 0 Å². The zero-order valence-corrected chi connectivity index (χ0v) is 16.3. The first-order chi connectivity index (χ1) is 12.1. The van der Waals surface area contributed by atoms with Gasteiger partial charge in [0.2, 0.25) is 0 Å². The van der Waals surface area contributed by atoms with Gasteiger partial charge in [-0.3, -0.25) is 0 Å². The fourth-order valence-corrected chi connectivity index (χ4v) is 3.83. The van der Waals surface area contributed by atoms with E-state index in [4.69, 9.17) is 11.6 Å². The van der Waals surface area contributed by atoms with Gasteiger partial charge < -0.3 is 4.98 Å². The molecule has 0 radical (unpaired) electrons. The second-order valence-electron chi connectivity index (χ2n) is 7.02. The van der Waals surface area contributed by atoms with Gasteiger partial charge in [-0.2, -0.15) is 0 Å². The van der Waals surface area contributed by atoms with Crippen LogP contribution < -0.4 is 0 Å². The van der Waals surface area contributed by atoms with Crippen molar-refractivity contribution in [1.29, 1.82) is 0 Å². The molecule has 1 heterocycles. The third-order valence-electron chi connectivity index (χ3n) is 5.13. The fourth-order valence-electron chi connectivity index (χ4n) is 3.66. The van der Waals surface area contributed by atoms with E-state index in [0.717, 1.165) is 17.9 Å². The number of fused-ring (bicyclic) bond motifs is 1. The standard InChI is InChI=1S/C23H28ClN/c1-4-6-8-20-21-15-19(24)13-14-22(21)25-23(20)16(3)18-11-9-17(7-5-2)10-12-18/h9-16,25H,4-8H2,1-3H3. The van der Waals surface area contributed by atoms with Gasteiger partial charge in [0.25, 0.3) is 0 Å². The molecular formula is C23H28ClN. The van der Waals surface area contributed by atoms with Crippen molar-refractivity contribution in [2.75, 3.05) is 0 Å². The Balaban J connectivity index is 2.00. The van der Waals surface area contributed by atoms with Crippen molar-refractivity contribution in [3.8, 4) is 0 Å². The molecule has 1 N–H and O–H groups in total. The van der Waals surface area contributed by atoms with Gasteiger partial charge >= 0.3 is 0 Å². The lowest BCUT2D eigenvalue weighted by Crippen LogP contribution is -2.01. The van der Waals surface area contributed by atoms with Crippen LogP contribution >= 0.6 is 11.6 Å². The Labute approximate surface area is 156 Å². The van der Waals surface area contributed by atoms with Gasteiger partial charge in [0.15, 0.2) is 0 Å². The minimum Gasteiger partial charge on any atom is -0.358 e. The summed E-state index contributed by atoms with van der Waals surface area (Å²) in [5, 5.41) is 2.10. The smallest absolute Gasteiger partial charge is 0.0460 e. The average molecular weight is 354 g/mol. The molecule has 0 aliphatic rings. The third-order valence-corrected chi connectivity index (χ3v) is 5.37. The largest absolute Gasteiger partial charge is 0.358 e. The number of halogens is 1. The summed E-state index contributed by atoms with van der Waals surface area (Å²) in [4.78, 5) is 3.68. The van der Waals surface area contributed by atoms with Gasteiger partial charge in [0, 0.05) is 27.5 Å². The molecular weight excluding hydrogens is 326 g/mol. The van der Waals surface area contributed by atoms with Gasteiger partial charge in [0.05, 0.1) is 0 Å². The number of hydrogen-bond acceptors (Lipinski definition) is 0. The topological polar surface area (TPSA) is 15.8 Å². The number of H-pyrrole nitrogens is 1. The Hall–Kier alpha value is -1.73. The quantitative estimate of drug-likeness (QED) is 0.459. The average Bonchev–Trinajstić information content (AvgIpc) is 2.98. The molecule has 1 atom stereocenters. The third kappa shape index (κ3) is 3.93. The van der Waals surface area contributed by atoms with E-state index >= 15 is 0 Å². The van der Waals surface area contributed by atoms with Gasteiger partial charge in [-0.05, 0) is 54.2 Å². The van der Waals surface area contributed by atoms with Gasteiger partial charge in [-0.15, -0.1) is 0 Å². The summed E-state index contributed by atoms with van der Waals surface area (Å²) in [5.41, 5.74) is 6.77. The maximum Gasteiger partial charge on any atom is 0.0460 e. The van der Waals surface area contributed by atoms with Crippen molar-refractivity contribution in [1.82, 2.24) is 4.98 Å². The predicted molar refractivity (Wildman–Crippen MR) is 110 cm³/mol. The molecule has 2 aromatic carbocycles. The van der Waals surface area contributed by atoms with Crippen molar-refractivity contribution in [2.24, 2.45) is 0 Å². The summed E-state index contributed by atoms with van der Waals surface area (Å²) in [6, 6.07) is 15.3. The summed E-state index contributed by atoms with van der Waals surface area (Å²) >= 11 is 6.26. The Kier molecular flexibility index (Phi) is 5.86. The molecule has 0 aliphatic carbocycles. The maximum atomic E-state index is 6.26. The molecule has 2 heteroatoms. The first-order valence-corrected chi connectivity index (χ1v) is 9.90. The zero-order chi connectivity index (χ0) is 17.8. The molecule has 0 aliphatic heterocycles. The Morgan fingerprint density at radius 2 is 1.72 bits per heavy atom. The lowest BCUT2D eigenvalue weighted by molar-refractivity contribution is 0.775. The minimum absolute atomic E-state index is 0.355. The van der Waals surface area contributed by atoms with Crippen LogP contribution in [0.3, 0.4) is 0 Å². The summed E-state index contributed by atoms with van der Waals surface area (Å²) in [6.07, 6.45) is 5.85. The summed E-state index contributed by atoms with van der Waals surface area (Å²) < 4.78 is 0. The van der Waals surface area contributed by atoms with E-state index in [1.54, 1.807) is 0 Å². The van der Waals surface area contributed by atoms with Crippen LogP contribution in [0.2, 0.25) is 5.02 Å². The van der Waals surface area contributed by atoms with Crippen molar-refractivity contribution in [3.05, 3.63) is 69.9 Å². The van der Waals surface area contributed by atoms with Crippen LogP contribution in [0, 0.1) is 0 Å². The number of hydrogen-bond donors (Lipinski definition) is 1. The highest BCUT2D eigenvalue weighted by atomic mass is 35.5. The zero-order valence-electron chi connectivity index (χ0n) is 15.5.